The van der Waals surface area contributed by atoms with Crippen LogP contribution < -0.4 is 0 Å². The maximum Gasteiger partial charge on any atom is 0.00533 e. The molecule has 0 nitrogen and oxygen atoms in total. The number of thiol groups is 1. The van der Waals surface area contributed by atoms with Crippen LogP contribution in [-0.2, 0) is 0 Å². The summed E-state index contributed by atoms with van der Waals surface area (Å²) in [5, 5.41) is 0.678. The standard InChI is InChI=1S/C20H34S/c1-12-7-8-19(3)16(9-12)18(21)10-14-15-6-5-13(2)20(15,4)11-17(14)19/h12-18,21H,5-11H2,1-4H3. The Hall–Kier alpha value is 0.350. The fraction of sp³-hybridized carbons (Fsp3) is 1.00. The molecule has 1 heteroatoms. The maximum absolute atomic E-state index is 5.14. The molecule has 0 saturated heterocycles. The maximum atomic E-state index is 5.14. The molecule has 0 radical (unpaired) electrons. The van der Waals surface area contributed by atoms with Gasteiger partial charge in [0.05, 0.1) is 0 Å². The quantitative estimate of drug-likeness (QED) is 0.536. The smallest absolute Gasteiger partial charge is 0.00533 e. The summed E-state index contributed by atoms with van der Waals surface area (Å²) in [5.74, 6) is 5.81. The van der Waals surface area contributed by atoms with E-state index in [1.165, 1.54) is 44.9 Å². The molecule has 21 heavy (non-hydrogen) atoms. The molecule has 0 aromatic heterocycles. The Labute approximate surface area is 137 Å². The molecule has 9 atom stereocenters. The number of fused-ring (bicyclic) bond motifs is 5. The van der Waals surface area contributed by atoms with Gasteiger partial charge in [-0.1, -0.05) is 34.1 Å². The average molecular weight is 307 g/mol. The van der Waals surface area contributed by atoms with Crippen LogP contribution in [0.3, 0.4) is 0 Å². The highest BCUT2D eigenvalue weighted by atomic mass is 32.1. The lowest BCUT2D eigenvalue weighted by Crippen LogP contribution is -2.50. The Kier molecular flexibility index (Phi) is 3.32. The number of rotatable bonds is 0. The number of hydrogen-bond acceptors (Lipinski definition) is 1. The second kappa shape index (κ2) is 4.68. The van der Waals surface area contributed by atoms with Crippen molar-refractivity contribution in [1.29, 1.82) is 0 Å². The largest absolute Gasteiger partial charge is 0.176 e. The summed E-state index contributed by atoms with van der Waals surface area (Å²) in [6.45, 7) is 10.3. The Balaban J connectivity index is 1.69. The van der Waals surface area contributed by atoms with Crippen LogP contribution in [0.15, 0.2) is 0 Å². The van der Waals surface area contributed by atoms with E-state index in [1.807, 2.05) is 0 Å². The average Bonchev–Trinajstić information content (AvgIpc) is 2.88. The van der Waals surface area contributed by atoms with Crippen LogP contribution in [0.5, 0.6) is 0 Å². The first-order chi connectivity index (χ1) is 9.86. The molecular weight excluding hydrogens is 272 g/mol. The molecule has 4 saturated carbocycles. The third kappa shape index (κ3) is 1.88. The molecule has 9 unspecified atom stereocenters. The Morgan fingerprint density at radius 2 is 1.62 bits per heavy atom. The Bertz CT molecular complexity index is 432. The highest BCUT2D eigenvalue weighted by Gasteiger charge is 2.64. The minimum absolute atomic E-state index is 0.606. The Morgan fingerprint density at radius 3 is 2.38 bits per heavy atom. The summed E-state index contributed by atoms with van der Waals surface area (Å²) in [4.78, 5) is 0. The van der Waals surface area contributed by atoms with Crippen molar-refractivity contribution < 1.29 is 0 Å². The molecule has 4 fully saturated rings. The van der Waals surface area contributed by atoms with Crippen LogP contribution in [0.25, 0.3) is 0 Å². The first kappa shape index (κ1) is 14.9. The Morgan fingerprint density at radius 1 is 0.857 bits per heavy atom. The summed E-state index contributed by atoms with van der Waals surface area (Å²) in [5.41, 5.74) is 1.26. The molecule has 0 heterocycles. The van der Waals surface area contributed by atoms with Crippen molar-refractivity contribution in [3.63, 3.8) is 0 Å². The molecule has 0 N–H and O–H groups in total. The molecule has 120 valence electrons. The topological polar surface area (TPSA) is 0 Å². The molecule has 0 aromatic rings. The van der Waals surface area contributed by atoms with E-state index in [2.05, 4.69) is 27.7 Å². The van der Waals surface area contributed by atoms with Crippen LogP contribution in [0, 0.1) is 46.3 Å². The van der Waals surface area contributed by atoms with Crippen molar-refractivity contribution >= 4 is 12.6 Å². The van der Waals surface area contributed by atoms with Gasteiger partial charge in [-0.05, 0) is 84.9 Å². The van der Waals surface area contributed by atoms with Gasteiger partial charge in [0.1, 0.15) is 0 Å². The van der Waals surface area contributed by atoms with Crippen molar-refractivity contribution in [3.05, 3.63) is 0 Å². The van der Waals surface area contributed by atoms with Gasteiger partial charge in [0.2, 0.25) is 0 Å². The van der Waals surface area contributed by atoms with Gasteiger partial charge in [-0.3, -0.25) is 0 Å². The zero-order valence-corrected chi connectivity index (χ0v) is 15.3. The van der Waals surface area contributed by atoms with Gasteiger partial charge in [0, 0.05) is 5.25 Å². The number of hydrogen-bond donors (Lipinski definition) is 1. The zero-order valence-electron chi connectivity index (χ0n) is 14.4. The van der Waals surface area contributed by atoms with Crippen LogP contribution in [-0.4, -0.2) is 5.25 Å². The van der Waals surface area contributed by atoms with Gasteiger partial charge in [-0.25, -0.2) is 0 Å². The normalized spacial score (nSPS) is 63.0. The molecule has 0 amide bonds. The lowest BCUT2D eigenvalue weighted by atomic mass is 9.51. The first-order valence-corrected chi connectivity index (χ1v) is 10.1. The fourth-order valence-corrected chi connectivity index (χ4v) is 8.24. The third-order valence-corrected chi connectivity index (χ3v) is 9.65. The van der Waals surface area contributed by atoms with E-state index < -0.39 is 0 Å². The van der Waals surface area contributed by atoms with Gasteiger partial charge >= 0.3 is 0 Å². The zero-order chi connectivity index (χ0) is 15.0. The second-order valence-electron chi connectivity index (χ2n) is 9.86. The third-order valence-electron chi connectivity index (χ3n) is 9.08. The van der Waals surface area contributed by atoms with E-state index >= 15 is 0 Å². The van der Waals surface area contributed by atoms with E-state index in [-0.39, 0.29) is 0 Å². The summed E-state index contributed by atoms with van der Waals surface area (Å²) in [6, 6.07) is 0. The molecule has 0 bridgehead atoms. The molecule has 0 aromatic carbocycles. The lowest BCUT2D eigenvalue weighted by Gasteiger charge is -2.56. The minimum Gasteiger partial charge on any atom is -0.176 e. The van der Waals surface area contributed by atoms with E-state index in [0.29, 0.717) is 16.1 Å². The summed E-state index contributed by atoms with van der Waals surface area (Å²) in [7, 11) is 0. The second-order valence-corrected chi connectivity index (χ2v) is 10.5. The van der Waals surface area contributed by atoms with E-state index in [1.54, 1.807) is 0 Å². The van der Waals surface area contributed by atoms with Crippen LogP contribution in [0.1, 0.15) is 72.6 Å². The van der Waals surface area contributed by atoms with Crippen molar-refractivity contribution in [2.75, 3.05) is 0 Å². The molecule has 4 aliphatic carbocycles. The molecular formula is C20H34S. The predicted molar refractivity (Wildman–Crippen MR) is 93.6 cm³/mol. The summed E-state index contributed by atoms with van der Waals surface area (Å²) >= 11 is 5.14. The monoisotopic (exact) mass is 306 g/mol. The van der Waals surface area contributed by atoms with E-state index in [9.17, 15) is 0 Å². The van der Waals surface area contributed by atoms with Gasteiger partial charge < -0.3 is 0 Å². The van der Waals surface area contributed by atoms with Crippen molar-refractivity contribution in [1.82, 2.24) is 0 Å². The SMILES string of the molecule is CC1CCC2(C)C(C1)C(S)CC1C3CCC(C)C3(C)CC12. The van der Waals surface area contributed by atoms with Crippen LogP contribution >= 0.6 is 12.6 Å². The fourth-order valence-electron chi connectivity index (χ4n) is 7.53. The molecule has 0 spiro atoms. The van der Waals surface area contributed by atoms with Crippen LogP contribution in [0.2, 0.25) is 0 Å². The van der Waals surface area contributed by atoms with Crippen molar-refractivity contribution in [2.24, 2.45) is 46.3 Å². The van der Waals surface area contributed by atoms with Crippen molar-refractivity contribution in [3.8, 4) is 0 Å². The first-order valence-electron chi connectivity index (χ1n) is 9.54. The summed E-state index contributed by atoms with van der Waals surface area (Å²) in [6.07, 6.45) is 10.3. The van der Waals surface area contributed by atoms with E-state index in [4.69, 9.17) is 12.6 Å². The molecule has 4 rings (SSSR count). The van der Waals surface area contributed by atoms with E-state index in [0.717, 1.165) is 35.5 Å². The lowest BCUT2D eigenvalue weighted by molar-refractivity contribution is -0.0389. The minimum atomic E-state index is 0.606. The predicted octanol–water partition coefficient (Wildman–Crippen LogP) is 5.82. The molecule has 4 aliphatic rings. The van der Waals surface area contributed by atoms with Crippen molar-refractivity contribution in [2.45, 2.75) is 77.9 Å². The van der Waals surface area contributed by atoms with Gasteiger partial charge in [0.25, 0.3) is 0 Å². The summed E-state index contributed by atoms with van der Waals surface area (Å²) < 4.78 is 0. The highest BCUT2D eigenvalue weighted by Crippen LogP contribution is 2.71. The van der Waals surface area contributed by atoms with Gasteiger partial charge in [-0.2, -0.15) is 12.6 Å². The van der Waals surface area contributed by atoms with Gasteiger partial charge in [-0.15, -0.1) is 0 Å². The molecule has 0 aliphatic heterocycles. The van der Waals surface area contributed by atoms with Crippen LogP contribution in [0.4, 0.5) is 0 Å². The highest BCUT2D eigenvalue weighted by molar-refractivity contribution is 7.81. The van der Waals surface area contributed by atoms with Gasteiger partial charge in [0.15, 0.2) is 0 Å².